The molecule has 3 nitrogen and oxygen atoms in total. The number of likely N-dealkylation sites (tertiary alicyclic amines) is 1. The number of Topliss-reactive ketones (excluding diaryl/α,β-unsaturated/α-hetero) is 1. The van der Waals surface area contributed by atoms with Crippen LogP contribution in [0.3, 0.4) is 0 Å². The van der Waals surface area contributed by atoms with Crippen molar-refractivity contribution in [3.8, 4) is 16.9 Å². The van der Waals surface area contributed by atoms with Gasteiger partial charge in [-0.05, 0) is 61.3 Å². The van der Waals surface area contributed by atoms with Gasteiger partial charge in [0, 0.05) is 18.7 Å². The van der Waals surface area contributed by atoms with Crippen LogP contribution in [0.25, 0.3) is 11.1 Å². The van der Waals surface area contributed by atoms with Crippen molar-refractivity contribution in [2.45, 2.75) is 58.3 Å². The highest BCUT2D eigenvalue weighted by molar-refractivity contribution is 5.94. The molecule has 2 fully saturated rings. The van der Waals surface area contributed by atoms with Gasteiger partial charge in [-0.2, -0.15) is 0 Å². The summed E-state index contributed by atoms with van der Waals surface area (Å²) in [6.07, 6.45) is 11.4. The predicted molar refractivity (Wildman–Crippen MR) is 123 cm³/mol. The van der Waals surface area contributed by atoms with Gasteiger partial charge in [0.25, 0.3) is 0 Å². The first-order chi connectivity index (χ1) is 14.7. The highest BCUT2D eigenvalue weighted by atomic mass is 16.5. The summed E-state index contributed by atoms with van der Waals surface area (Å²) >= 11 is 0. The molecule has 1 saturated heterocycles. The lowest BCUT2D eigenvalue weighted by Gasteiger charge is -2.34. The summed E-state index contributed by atoms with van der Waals surface area (Å²) in [4.78, 5) is 13.9. The van der Waals surface area contributed by atoms with E-state index in [1.165, 1.54) is 51.4 Å². The number of carbonyl (C=O) groups is 1. The summed E-state index contributed by atoms with van der Waals surface area (Å²) in [6.45, 7) is 4.61. The minimum Gasteiger partial charge on any atom is -0.478 e. The van der Waals surface area contributed by atoms with Crippen LogP contribution in [0.15, 0.2) is 48.5 Å². The molecule has 0 N–H and O–H groups in total. The highest BCUT2D eigenvalue weighted by Gasteiger charge is 2.23. The number of rotatable bonds is 7. The van der Waals surface area contributed by atoms with Crippen LogP contribution < -0.4 is 4.74 Å². The first-order valence-electron chi connectivity index (χ1n) is 11.7. The zero-order chi connectivity index (χ0) is 20.8. The fourth-order valence-electron chi connectivity index (χ4n) is 5.05. The van der Waals surface area contributed by atoms with Gasteiger partial charge in [-0.25, -0.2) is 0 Å². The summed E-state index contributed by atoms with van der Waals surface area (Å²) in [7, 11) is 0. The average molecular weight is 406 g/mol. The first-order valence-corrected chi connectivity index (χ1v) is 11.7. The van der Waals surface area contributed by atoms with Gasteiger partial charge in [0.05, 0.1) is 0 Å². The third-order valence-electron chi connectivity index (χ3n) is 6.99. The molecule has 4 rings (SSSR count). The standard InChI is InChI=1S/C27H35NO2/c1-21(29)24-7-9-25(10-8-24)26-11-13-27(14-12-26)30-20-28-17-15-23(16-18-28)19-22-5-3-2-4-6-22/h7-14,22-23H,2-6,15-20H2,1H3. The molecule has 160 valence electrons. The molecule has 0 atom stereocenters. The number of carbonyl (C=O) groups excluding carboxylic acids is 1. The van der Waals surface area contributed by atoms with E-state index in [1.807, 2.05) is 36.4 Å². The van der Waals surface area contributed by atoms with Crippen molar-refractivity contribution in [1.82, 2.24) is 4.90 Å². The van der Waals surface area contributed by atoms with Crippen LogP contribution >= 0.6 is 0 Å². The largest absolute Gasteiger partial charge is 0.478 e. The Morgan fingerprint density at radius 1 is 0.833 bits per heavy atom. The van der Waals surface area contributed by atoms with Crippen molar-refractivity contribution in [2.24, 2.45) is 11.8 Å². The molecule has 0 amide bonds. The normalized spacial score (nSPS) is 19.0. The number of ketones is 1. The molecule has 2 aromatic rings. The van der Waals surface area contributed by atoms with Crippen molar-refractivity contribution in [3.05, 3.63) is 54.1 Å². The van der Waals surface area contributed by atoms with Gasteiger partial charge in [0.1, 0.15) is 12.5 Å². The molecule has 0 bridgehead atoms. The minimum atomic E-state index is 0.100. The Hall–Kier alpha value is -2.13. The van der Waals surface area contributed by atoms with Gasteiger partial charge < -0.3 is 4.74 Å². The monoisotopic (exact) mass is 405 g/mol. The quantitative estimate of drug-likeness (QED) is 0.488. The summed E-state index contributed by atoms with van der Waals surface area (Å²) in [5, 5.41) is 0. The molecule has 2 aromatic carbocycles. The summed E-state index contributed by atoms with van der Waals surface area (Å²) < 4.78 is 6.05. The van der Waals surface area contributed by atoms with Crippen LogP contribution in [0.5, 0.6) is 5.75 Å². The fraction of sp³-hybridized carbons (Fsp3) is 0.519. The lowest BCUT2D eigenvalue weighted by Crippen LogP contribution is -2.37. The SMILES string of the molecule is CC(=O)c1ccc(-c2ccc(OCN3CCC(CC4CCCCC4)CC3)cc2)cc1. The van der Waals surface area contributed by atoms with E-state index in [-0.39, 0.29) is 5.78 Å². The maximum atomic E-state index is 11.4. The lowest BCUT2D eigenvalue weighted by atomic mass is 9.80. The van der Waals surface area contributed by atoms with Crippen LogP contribution in [0.1, 0.15) is 68.6 Å². The molecule has 2 aliphatic rings. The number of benzene rings is 2. The third kappa shape index (κ3) is 5.72. The summed E-state index contributed by atoms with van der Waals surface area (Å²) in [6, 6.07) is 16.1. The number of ether oxygens (including phenoxy) is 1. The molecule has 0 aromatic heterocycles. The Bertz CT molecular complexity index is 798. The van der Waals surface area contributed by atoms with E-state index >= 15 is 0 Å². The Morgan fingerprint density at radius 2 is 1.40 bits per heavy atom. The van der Waals surface area contributed by atoms with Crippen molar-refractivity contribution < 1.29 is 9.53 Å². The van der Waals surface area contributed by atoms with Crippen LogP contribution in [-0.4, -0.2) is 30.5 Å². The molecular formula is C27H35NO2. The van der Waals surface area contributed by atoms with Crippen LogP contribution in [0.4, 0.5) is 0 Å². The molecule has 1 aliphatic carbocycles. The smallest absolute Gasteiger partial charge is 0.159 e. The van der Waals surface area contributed by atoms with Gasteiger partial charge in [0.2, 0.25) is 0 Å². The van der Waals surface area contributed by atoms with Crippen LogP contribution in [0, 0.1) is 11.8 Å². The third-order valence-corrected chi connectivity index (χ3v) is 6.99. The second-order valence-electron chi connectivity index (χ2n) is 9.23. The number of hydrogen-bond donors (Lipinski definition) is 0. The number of hydrogen-bond acceptors (Lipinski definition) is 3. The number of nitrogens with zero attached hydrogens (tertiary/aromatic N) is 1. The second kappa shape index (κ2) is 10.3. The molecule has 1 aliphatic heterocycles. The molecule has 1 heterocycles. The van der Waals surface area contributed by atoms with Crippen molar-refractivity contribution in [2.75, 3.05) is 19.8 Å². The first kappa shape index (κ1) is 21.1. The van der Waals surface area contributed by atoms with Crippen LogP contribution in [0.2, 0.25) is 0 Å². The van der Waals surface area contributed by atoms with Crippen molar-refractivity contribution >= 4 is 5.78 Å². The van der Waals surface area contributed by atoms with E-state index in [2.05, 4.69) is 17.0 Å². The Labute approximate surface area is 181 Å². The summed E-state index contributed by atoms with van der Waals surface area (Å²) in [5.41, 5.74) is 3.01. The summed E-state index contributed by atoms with van der Waals surface area (Å²) in [5.74, 6) is 2.95. The zero-order valence-corrected chi connectivity index (χ0v) is 18.3. The average Bonchev–Trinajstić information content (AvgIpc) is 2.80. The maximum Gasteiger partial charge on any atom is 0.159 e. The molecule has 30 heavy (non-hydrogen) atoms. The zero-order valence-electron chi connectivity index (χ0n) is 18.3. The molecular weight excluding hydrogens is 370 g/mol. The van der Waals surface area contributed by atoms with Gasteiger partial charge >= 0.3 is 0 Å². The van der Waals surface area contributed by atoms with Crippen molar-refractivity contribution in [1.29, 1.82) is 0 Å². The number of piperidine rings is 1. The molecule has 1 saturated carbocycles. The van der Waals surface area contributed by atoms with Gasteiger partial charge in [-0.15, -0.1) is 0 Å². The predicted octanol–water partition coefficient (Wildman–Crippen LogP) is 6.57. The van der Waals surface area contributed by atoms with E-state index in [0.717, 1.165) is 47.4 Å². The second-order valence-corrected chi connectivity index (χ2v) is 9.23. The molecule has 0 radical (unpaired) electrons. The lowest BCUT2D eigenvalue weighted by molar-refractivity contribution is 0.0804. The molecule has 3 heteroatoms. The highest BCUT2D eigenvalue weighted by Crippen LogP contribution is 2.33. The minimum absolute atomic E-state index is 0.100. The maximum absolute atomic E-state index is 11.4. The fourth-order valence-corrected chi connectivity index (χ4v) is 5.05. The topological polar surface area (TPSA) is 29.5 Å². The molecule has 0 spiro atoms. The van der Waals surface area contributed by atoms with E-state index in [0.29, 0.717) is 6.73 Å². The Morgan fingerprint density at radius 3 is 2.00 bits per heavy atom. The Balaban J connectivity index is 1.21. The van der Waals surface area contributed by atoms with Crippen LogP contribution in [-0.2, 0) is 0 Å². The molecule has 0 unspecified atom stereocenters. The van der Waals surface area contributed by atoms with Gasteiger partial charge in [0.15, 0.2) is 5.78 Å². The van der Waals surface area contributed by atoms with E-state index in [4.69, 9.17) is 4.74 Å². The van der Waals surface area contributed by atoms with E-state index in [1.54, 1.807) is 6.92 Å². The van der Waals surface area contributed by atoms with Crippen molar-refractivity contribution in [3.63, 3.8) is 0 Å². The van der Waals surface area contributed by atoms with E-state index < -0.39 is 0 Å². The van der Waals surface area contributed by atoms with E-state index in [9.17, 15) is 4.79 Å². The Kier molecular flexibility index (Phi) is 7.22. The van der Waals surface area contributed by atoms with Gasteiger partial charge in [-0.3, -0.25) is 9.69 Å². The van der Waals surface area contributed by atoms with Gasteiger partial charge in [-0.1, -0.05) is 68.5 Å².